The van der Waals surface area contributed by atoms with E-state index < -0.39 is 0 Å². The Labute approximate surface area is 823 Å². The second-order valence-corrected chi connectivity index (χ2v) is 44.3. The number of hydrogen-bond acceptors (Lipinski definition) is 7. The summed E-state index contributed by atoms with van der Waals surface area (Å²) in [6.07, 6.45) is 9.06. The number of aliphatic hydroxyl groups excluding tert-OH is 1. The summed E-state index contributed by atoms with van der Waals surface area (Å²) in [5.74, 6) is 15.3. The predicted molar refractivity (Wildman–Crippen MR) is 586 cm³/mol. The molecule has 0 bridgehead atoms. The lowest BCUT2D eigenvalue weighted by Gasteiger charge is -2.16. The van der Waals surface area contributed by atoms with Gasteiger partial charge in [-0.05, 0) is 293 Å². The summed E-state index contributed by atoms with van der Waals surface area (Å²) in [6, 6.07) is 76.5. The SMILES string of the molecule is CC(C)COc1ccc(C(C)C(C)C)cc1.CC(C)COc1ccc(CC(C)C)cc1.CC(C)COc1ccc([C@H](C)C(C)C)cc1.CC(C)Cc1ccc(C(=O)C(C)C)cc1.CC(C)Cc1ccc(C(C)C)cc1.CC(C)Cc1ccc(C(O)C(C)C)cc1.CC(C)Cc1ccc(CC(C)C)cc1.CC(C)Cc1ccc(NC(=O)C(C)C)cc1.CC(C)Cc1ccc(OC(C)C)cc1. The summed E-state index contributed by atoms with van der Waals surface area (Å²) in [6.45, 7) is 85.0. The third-order valence-corrected chi connectivity index (χ3v) is 22.1. The van der Waals surface area contributed by atoms with Gasteiger partial charge in [0.1, 0.15) is 23.0 Å². The number of aliphatic hydroxyl groups is 1. The Morgan fingerprint density at radius 1 is 0.246 bits per heavy atom. The molecule has 9 aromatic carbocycles. The summed E-state index contributed by atoms with van der Waals surface area (Å²) < 4.78 is 22.5. The summed E-state index contributed by atoms with van der Waals surface area (Å²) >= 11 is 0. The molecule has 2 N–H and O–H groups in total. The molecule has 0 heterocycles. The first-order valence-electron chi connectivity index (χ1n) is 51.7. The van der Waals surface area contributed by atoms with Gasteiger partial charge in [-0.15, -0.1) is 0 Å². The fourth-order valence-corrected chi connectivity index (χ4v) is 14.0. The zero-order valence-electron chi connectivity index (χ0n) is 92.1. The second kappa shape index (κ2) is 68.3. The van der Waals surface area contributed by atoms with Gasteiger partial charge in [-0.1, -0.05) is 407 Å². The van der Waals surface area contributed by atoms with Crippen LogP contribution in [0.25, 0.3) is 0 Å². The van der Waals surface area contributed by atoms with Gasteiger partial charge < -0.3 is 29.4 Å². The highest BCUT2D eigenvalue weighted by Gasteiger charge is 2.16. The molecule has 0 saturated heterocycles. The van der Waals surface area contributed by atoms with Crippen LogP contribution in [0.1, 0.15) is 364 Å². The zero-order valence-corrected chi connectivity index (χ0v) is 92.1. The molecular weight excluding hydrogens is 1640 g/mol. The molecule has 3 atom stereocenters. The number of anilines is 1. The lowest BCUT2D eigenvalue weighted by Crippen LogP contribution is -2.17. The highest BCUT2D eigenvalue weighted by atomic mass is 16.5. The number of amides is 1. The molecule has 2 unspecified atom stereocenters. The van der Waals surface area contributed by atoms with Crippen molar-refractivity contribution < 1.29 is 33.6 Å². The number of benzene rings is 9. The number of Topliss-reactive ketones (excluding diaryl/α,β-unsaturated/α-hetero) is 1. The van der Waals surface area contributed by atoms with E-state index in [0.29, 0.717) is 76.9 Å². The van der Waals surface area contributed by atoms with E-state index in [2.05, 4.69) is 395 Å². The van der Waals surface area contributed by atoms with E-state index >= 15 is 0 Å². The van der Waals surface area contributed by atoms with Crippen molar-refractivity contribution in [2.75, 3.05) is 25.1 Å². The second-order valence-electron chi connectivity index (χ2n) is 44.3. The molecule has 746 valence electrons. The van der Waals surface area contributed by atoms with Gasteiger partial charge in [0.25, 0.3) is 0 Å². The Bertz CT molecular complexity index is 4200. The highest BCUT2D eigenvalue weighted by Crippen LogP contribution is 2.30. The van der Waals surface area contributed by atoms with Crippen LogP contribution in [0.3, 0.4) is 0 Å². The molecule has 0 radical (unpaired) electrons. The molecule has 8 heteroatoms. The van der Waals surface area contributed by atoms with E-state index in [1.165, 1.54) is 80.5 Å². The average molecular weight is 1840 g/mol. The Balaban J connectivity index is 0.000000754. The van der Waals surface area contributed by atoms with Gasteiger partial charge >= 0.3 is 0 Å². The van der Waals surface area contributed by atoms with Gasteiger partial charge in [-0.3, -0.25) is 9.59 Å². The van der Waals surface area contributed by atoms with Crippen LogP contribution in [-0.4, -0.2) is 42.7 Å². The standard InChI is InChI=1S/2C15H24O.C14H21NO.2C14H22O.C14H20O.C14H22.C13H20O.C13H20/c2*1-11(2)10-16-15-8-6-14(7-9-15)13(5)12(3)4;1-10(2)9-12-5-7-13(8-6-12)15-14(16)11(3)4;1-11(2)9-13-5-7-14(8-6-13)15-10-12(3)4;2*1-10(2)9-12-5-7-13(8-6-12)14(15)11(3)4;1-11(2)9-13-5-7-14(8-6-13)10-12(3)4;1-10(2)9-12-5-7-13(8-6-12)14-11(3)4;1-10(2)9-12-5-7-13(8-6-12)11(3)4/h2*6-9,11-13H,10H2,1-5H3;5-8,10-11H,9H2,1-4H3,(H,15,16);5-8,11-12H,9-10H2,1-4H3;5-8,10-11,14-15H,9H2,1-4H3;5-8,10-11H,9H2,1-4H3;5-8,11-12H,9-10H2,1-4H3;5-8,10-11H,9H2,1-4H3;5-8,10-11H,9H2,1-4H3/t13-;;;;;;;;/m1......../s1. The van der Waals surface area contributed by atoms with Gasteiger partial charge in [0, 0.05) is 23.1 Å². The third kappa shape index (κ3) is 59.3. The van der Waals surface area contributed by atoms with Gasteiger partial charge in [0.05, 0.1) is 32.0 Å². The molecule has 0 aliphatic rings. The maximum absolute atomic E-state index is 11.7. The Morgan fingerprint density at radius 3 is 0.694 bits per heavy atom. The van der Waals surface area contributed by atoms with Gasteiger partial charge in [-0.2, -0.15) is 0 Å². The van der Waals surface area contributed by atoms with Crippen molar-refractivity contribution in [2.45, 2.75) is 344 Å². The number of carbonyl (C=O) groups is 2. The predicted octanol–water partition coefficient (Wildman–Crippen LogP) is 35.4. The minimum Gasteiger partial charge on any atom is -0.493 e. The minimum atomic E-state index is -0.335. The highest BCUT2D eigenvalue weighted by molar-refractivity contribution is 5.97. The van der Waals surface area contributed by atoms with Crippen molar-refractivity contribution in [2.24, 2.45) is 94.7 Å². The van der Waals surface area contributed by atoms with Crippen molar-refractivity contribution in [3.05, 3.63) is 291 Å². The summed E-state index contributed by atoms with van der Waals surface area (Å²) in [5, 5.41) is 12.8. The van der Waals surface area contributed by atoms with Crippen LogP contribution >= 0.6 is 0 Å². The first kappa shape index (κ1) is 123. The van der Waals surface area contributed by atoms with E-state index in [1.54, 1.807) is 0 Å². The van der Waals surface area contributed by atoms with Crippen molar-refractivity contribution in [1.29, 1.82) is 0 Å². The van der Waals surface area contributed by atoms with Crippen LogP contribution in [0.15, 0.2) is 218 Å². The number of ketones is 1. The molecule has 9 rings (SSSR count). The number of nitrogens with one attached hydrogen (secondary N) is 1. The summed E-state index contributed by atoms with van der Waals surface area (Å²) in [7, 11) is 0. The number of carbonyl (C=O) groups excluding carboxylic acids is 2. The van der Waals surface area contributed by atoms with Crippen LogP contribution in [0, 0.1) is 94.7 Å². The van der Waals surface area contributed by atoms with Crippen molar-refractivity contribution >= 4 is 17.4 Å². The van der Waals surface area contributed by atoms with Gasteiger partial charge in [-0.25, -0.2) is 0 Å². The Hall–Kier alpha value is -8.72. The molecule has 1 amide bonds. The van der Waals surface area contributed by atoms with Crippen LogP contribution in [0.2, 0.25) is 0 Å². The molecule has 0 fully saturated rings. The van der Waals surface area contributed by atoms with Crippen molar-refractivity contribution in [3.63, 3.8) is 0 Å². The fourth-order valence-electron chi connectivity index (χ4n) is 14.0. The lowest BCUT2D eigenvalue weighted by molar-refractivity contribution is -0.118. The summed E-state index contributed by atoms with van der Waals surface area (Å²) in [4.78, 5) is 23.1. The maximum atomic E-state index is 11.7. The number of ether oxygens (including phenoxy) is 4. The smallest absolute Gasteiger partial charge is 0.226 e. The molecule has 0 aromatic heterocycles. The van der Waals surface area contributed by atoms with E-state index in [-0.39, 0.29) is 41.7 Å². The fraction of sp³-hybridized carbons (Fsp3) is 0.556. The van der Waals surface area contributed by atoms with Crippen LogP contribution in [0.4, 0.5) is 5.69 Å². The molecule has 9 aromatic rings. The van der Waals surface area contributed by atoms with E-state index in [9.17, 15) is 14.7 Å². The number of hydrogen-bond donors (Lipinski definition) is 2. The van der Waals surface area contributed by atoms with E-state index in [1.807, 2.05) is 91.8 Å². The first-order chi connectivity index (χ1) is 62.8. The monoisotopic (exact) mass is 1830 g/mol. The van der Waals surface area contributed by atoms with Crippen molar-refractivity contribution in [1.82, 2.24) is 0 Å². The van der Waals surface area contributed by atoms with Crippen LogP contribution < -0.4 is 24.3 Å². The zero-order chi connectivity index (χ0) is 101. The largest absolute Gasteiger partial charge is 0.493 e. The van der Waals surface area contributed by atoms with Gasteiger partial charge in [0.2, 0.25) is 5.91 Å². The first-order valence-corrected chi connectivity index (χ1v) is 51.7. The summed E-state index contributed by atoms with van der Waals surface area (Å²) in [5.41, 5.74) is 18.1. The van der Waals surface area contributed by atoms with Crippen LogP contribution in [-0.2, 0) is 56.2 Å². The lowest BCUT2D eigenvalue weighted by atomic mass is 9.90. The third-order valence-electron chi connectivity index (χ3n) is 22.1. The normalized spacial score (nSPS) is 11.9. The molecule has 0 spiro atoms. The molecule has 8 nitrogen and oxygen atoms in total. The quantitative estimate of drug-likeness (QED) is 0.0372. The Morgan fingerprint density at radius 2 is 0.470 bits per heavy atom. The number of rotatable bonds is 38. The van der Waals surface area contributed by atoms with Gasteiger partial charge in [0.15, 0.2) is 5.78 Å². The van der Waals surface area contributed by atoms with Crippen molar-refractivity contribution in [3.8, 4) is 23.0 Å². The molecule has 0 aliphatic heterocycles. The molecule has 0 saturated carbocycles. The Kier molecular flexibility index (Phi) is 62.9. The molecule has 134 heavy (non-hydrogen) atoms. The topological polar surface area (TPSA) is 103 Å². The molecule has 0 aliphatic carbocycles. The molecular formula is C126H195NO7. The van der Waals surface area contributed by atoms with Crippen LogP contribution in [0.5, 0.6) is 23.0 Å². The maximum Gasteiger partial charge on any atom is 0.226 e. The van der Waals surface area contributed by atoms with E-state index in [0.717, 1.165) is 109 Å². The van der Waals surface area contributed by atoms with E-state index in [4.69, 9.17) is 18.9 Å². The minimum absolute atomic E-state index is 0.0235. The average Bonchev–Trinajstić information content (AvgIpc) is 0.876.